The number of hydrogen-bond donors (Lipinski definition) is 2. The second-order valence-electron chi connectivity index (χ2n) is 6.11. The highest BCUT2D eigenvalue weighted by Crippen LogP contribution is 2.13. The Labute approximate surface area is 160 Å². The van der Waals surface area contributed by atoms with E-state index in [0.29, 0.717) is 13.0 Å². The van der Waals surface area contributed by atoms with Crippen LogP contribution >= 0.6 is 0 Å². The molecule has 8 nitrogen and oxygen atoms in total. The molecule has 2 N–H and O–H groups in total. The summed E-state index contributed by atoms with van der Waals surface area (Å²) in [5.41, 5.74) is 0.252. The van der Waals surface area contributed by atoms with Crippen molar-refractivity contribution in [3.05, 3.63) is 70.1 Å². The molecule has 1 amide bonds. The fraction of sp³-hybridized carbons (Fsp3) is 0.200. The number of aromatic nitrogens is 2. The first kappa shape index (κ1) is 19.1. The van der Waals surface area contributed by atoms with Crippen molar-refractivity contribution in [2.75, 3.05) is 13.7 Å². The number of carbonyl (C=O) groups excluding carboxylic acids is 1. The fourth-order valence-corrected chi connectivity index (χ4v) is 2.83. The Balaban J connectivity index is 1.69. The Morgan fingerprint density at radius 1 is 1.11 bits per heavy atom. The zero-order chi connectivity index (χ0) is 20.1. The smallest absolute Gasteiger partial charge is 0.357 e. The highest BCUT2D eigenvalue weighted by atomic mass is 16.5. The van der Waals surface area contributed by atoms with E-state index in [1.165, 1.54) is 12.1 Å². The summed E-state index contributed by atoms with van der Waals surface area (Å²) < 4.78 is 5.98. The van der Waals surface area contributed by atoms with Gasteiger partial charge in [0.25, 0.3) is 5.56 Å². The molecule has 3 aromatic rings. The Morgan fingerprint density at radius 3 is 2.43 bits per heavy atom. The molecule has 0 atom stereocenters. The zero-order valence-electron chi connectivity index (χ0n) is 15.2. The summed E-state index contributed by atoms with van der Waals surface area (Å²) in [6, 6.07) is 13.8. The molecule has 1 aromatic heterocycles. The highest BCUT2D eigenvalue weighted by molar-refractivity contribution is 6.01. The topological polar surface area (TPSA) is 111 Å². The van der Waals surface area contributed by atoms with E-state index < -0.39 is 17.4 Å². The van der Waals surface area contributed by atoms with Gasteiger partial charge in [0.05, 0.1) is 12.5 Å². The van der Waals surface area contributed by atoms with Crippen molar-refractivity contribution in [1.82, 2.24) is 15.1 Å². The summed E-state index contributed by atoms with van der Waals surface area (Å²) in [6.45, 7) is 0.0197. The second kappa shape index (κ2) is 8.34. The van der Waals surface area contributed by atoms with Crippen molar-refractivity contribution in [1.29, 1.82) is 0 Å². The molecule has 28 heavy (non-hydrogen) atoms. The molecular formula is C20H19N3O5. The molecule has 8 heteroatoms. The van der Waals surface area contributed by atoms with Crippen LogP contribution in [-0.4, -0.2) is 40.4 Å². The number of rotatable bonds is 7. The molecule has 3 rings (SSSR count). The first-order chi connectivity index (χ1) is 13.5. The first-order valence-electron chi connectivity index (χ1n) is 8.62. The Kier molecular flexibility index (Phi) is 5.69. The lowest BCUT2D eigenvalue weighted by Crippen LogP contribution is -2.35. The lowest BCUT2D eigenvalue weighted by Gasteiger charge is -2.10. The molecule has 1 heterocycles. The number of aromatic carboxylic acids is 1. The largest absolute Gasteiger partial charge is 0.497 e. The van der Waals surface area contributed by atoms with Gasteiger partial charge in [0.2, 0.25) is 5.91 Å². The zero-order valence-corrected chi connectivity index (χ0v) is 15.2. The van der Waals surface area contributed by atoms with E-state index in [1.54, 1.807) is 19.2 Å². The van der Waals surface area contributed by atoms with E-state index in [0.717, 1.165) is 16.0 Å². The van der Waals surface area contributed by atoms with E-state index in [9.17, 15) is 19.5 Å². The summed E-state index contributed by atoms with van der Waals surface area (Å²) in [5.74, 6) is -0.927. The quantitative estimate of drug-likeness (QED) is 0.641. The number of methoxy groups -OCH3 is 1. The van der Waals surface area contributed by atoms with Gasteiger partial charge in [0, 0.05) is 11.9 Å². The monoisotopic (exact) mass is 381 g/mol. The second-order valence-corrected chi connectivity index (χ2v) is 6.11. The lowest BCUT2D eigenvalue weighted by atomic mass is 10.1. The Hall–Kier alpha value is -3.68. The van der Waals surface area contributed by atoms with Crippen molar-refractivity contribution < 1.29 is 19.4 Å². The third kappa shape index (κ3) is 4.17. The van der Waals surface area contributed by atoms with Crippen LogP contribution < -0.4 is 15.6 Å². The van der Waals surface area contributed by atoms with Crippen LogP contribution in [0.4, 0.5) is 0 Å². The molecule has 0 bridgehead atoms. The average molecular weight is 381 g/mol. The number of amides is 1. The maximum absolute atomic E-state index is 12.5. The van der Waals surface area contributed by atoms with E-state index >= 15 is 0 Å². The third-order valence-electron chi connectivity index (χ3n) is 4.26. The van der Waals surface area contributed by atoms with Crippen molar-refractivity contribution in [3.63, 3.8) is 0 Å². The number of carbonyl (C=O) groups is 2. The number of benzene rings is 2. The standard InChI is InChI=1S/C20H19N3O5/c1-28-14-8-6-13(7-9-14)10-11-21-17(24)12-23-19(25)16-5-3-2-4-15(16)18(22-23)20(26)27/h2-9H,10-12H2,1H3,(H,21,24)(H,26,27). The van der Waals surface area contributed by atoms with Gasteiger partial charge in [-0.3, -0.25) is 9.59 Å². The number of nitrogens with zero attached hydrogens (tertiary/aromatic N) is 2. The summed E-state index contributed by atoms with van der Waals surface area (Å²) in [6.07, 6.45) is 0.607. The molecule has 0 saturated heterocycles. The number of fused-ring (bicyclic) bond motifs is 1. The molecule has 0 aliphatic rings. The predicted molar refractivity (Wildman–Crippen MR) is 103 cm³/mol. The Morgan fingerprint density at radius 2 is 1.79 bits per heavy atom. The minimum atomic E-state index is -1.26. The molecule has 0 spiro atoms. The molecule has 0 aliphatic carbocycles. The van der Waals surface area contributed by atoms with Gasteiger partial charge < -0.3 is 15.2 Å². The summed E-state index contributed by atoms with van der Waals surface area (Å²) >= 11 is 0. The van der Waals surface area contributed by atoms with Crippen LogP contribution in [0.1, 0.15) is 16.1 Å². The van der Waals surface area contributed by atoms with Gasteiger partial charge in [-0.25, -0.2) is 9.48 Å². The summed E-state index contributed by atoms with van der Waals surface area (Å²) in [5, 5.41) is 16.4. The minimum absolute atomic E-state index is 0.209. The molecule has 0 aliphatic heterocycles. The van der Waals surface area contributed by atoms with E-state index in [-0.39, 0.29) is 23.0 Å². The van der Waals surface area contributed by atoms with Crippen LogP contribution in [-0.2, 0) is 17.8 Å². The van der Waals surface area contributed by atoms with Crippen molar-refractivity contribution in [2.45, 2.75) is 13.0 Å². The van der Waals surface area contributed by atoms with Crippen molar-refractivity contribution in [3.8, 4) is 5.75 Å². The van der Waals surface area contributed by atoms with E-state index in [1.807, 2.05) is 24.3 Å². The SMILES string of the molecule is COc1ccc(CCNC(=O)Cn2nc(C(=O)O)c3ccccc3c2=O)cc1. The molecule has 0 fully saturated rings. The highest BCUT2D eigenvalue weighted by Gasteiger charge is 2.16. The number of hydrogen-bond acceptors (Lipinski definition) is 5. The van der Waals surface area contributed by atoms with E-state index in [2.05, 4.69) is 10.4 Å². The Bertz CT molecular complexity index is 1070. The summed E-state index contributed by atoms with van der Waals surface area (Å²) in [7, 11) is 1.59. The number of carboxylic acids is 1. The van der Waals surface area contributed by atoms with Gasteiger partial charge >= 0.3 is 5.97 Å². The first-order valence-corrected chi connectivity index (χ1v) is 8.62. The van der Waals surface area contributed by atoms with Crippen LogP contribution in [0.2, 0.25) is 0 Å². The maximum Gasteiger partial charge on any atom is 0.357 e. The molecule has 0 unspecified atom stereocenters. The van der Waals surface area contributed by atoms with Crippen LogP contribution in [0.25, 0.3) is 10.8 Å². The van der Waals surface area contributed by atoms with Gasteiger partial charge in [0.1, 0.15) is 12.3 Å². The number of nitrogens with one attached hydrogen (secondary N) is 1. The van der Waals surface area contributed by atoms with Gasteiger partial charge in [-0.2, -0.15) is 5.10 Å². The molecule has 0 saturated carbocycles. The lowest BCUT2D eigenvalue weighted by molar-refractivity contribution is -0.121. The summed E-state index contributed by atoms with van der Waals surface area (Å²) in [4.78, 5) is 36.2. The normalized spacial score (nSPS) is 10.6. The minimum Gasteiger partial charge on any atom is -0.497 e. The van der Waals surface area contributed by atoms with Crippen LogP contribution in [0.15, 0.2) is 53.3 Å². The average Bonchev–Trinajstić information content (AvgIpc) is 2.70. The molecule has 2 aromatic carbocycles. The van der Waals surface area contributed by atoms with Crippen molar-refractivity contribution in [2.24, 2.45) is 0 Å². The van der Waals surface area contributed by atoms with Crippen LogP contribution in [0.5, 0.6) is 5.75 Å². The number of ether oxygens (including phenoxy) is 1. The molecule has 144 valence electrons. The van der Waals surface area contributed by atoms with Crippen molar-refractivity contribution >= 4 is 22.6 Å². The van der Waals surface area contributed by atoms with Gasteiger partial charge in [-0.05, 0) is 30.2 Å². The van der Waals surface area contributed by atoms with Crippen LogP contribution in [0, 0.1) is 0 Å². The molecular weight excluding hydrogens is 362 g/mol. The van der Waals surface area contributed by atoms with Gasteiger partial charge in [0.15, 0.2) is 5.69 Å². The third-order valence-corrected chi connectivity index (χ3v) is 4.26. The van der Waals surface area contributed by atoms with Crippen LogP contribution in [0.3, 0.4) is 0 Å². The predicted octanol–water partition coefficient (Wildman–Crippen LogP) is 1.46. The maximum atomic E-state index is 12.5. The fourth-order valence-electron chi connectivity index (χ4n) is 2.83. The van der Waals surface area contributed by atoms with Gasteiger partial charge in [-0.15, -0.1) is 0 Å². The molecule has 0 radical (unpaired) electrons. The number of carboxylic acid groups (broad SMARTS) is 1. The van der Waals surface area contributed by atoms with E-state index in [4.69, 9.17) is 4.74 Å². The van der Waals surface area contributed by atoms with Gasteiger partial charge in [-0.1, -0.05) is 30.3 Å².